The van der Waals surface area contributed by atoms with Gasteiger partial charge in [-0.25, -0.2) is 8.42 Å². The Kier molecular flexibility index (Phi) is 4.86. The lowest BCUT2D eigenvalue weighted by Gasteiger charge is -2.33. The van der Waals surface area contributed by atoms with E-state index < -0.39 is 10.0 Å². The van der Waals surface area contributed by atoms with Crippen LogP contribution < -0.4 is 4.74 Å². The van der Waals surface area contributed by atoms with Crippen molar-refractivity contribution < 1.29 is 17.7 Å². The SMILES string of the molecule is O=S(=O)(c1ccc2c(c1)CCO2)N1CCN(Cc2nc(-c3cccs3)no2)CC1. The van der Waals surface area contributed by atoms with Crippen LogP contribution in [-0.2, 0) is 23.0 Å². The lowest BCUT2D eigenvalue weighted by Crippen LogP contribution is -2.48. The number of hydrogen-bond acceptors (Lipinski definition) is 8. The van der Waals surface area contributed by atoms with E-state index in [2.05, 4.69) is 15.0 Å². The second-order valence-corrected chi connectivity index (χ2v) is 9.92. The summed E-state index contributed by atoms with van der Waals surface area (Å²) in [6.45, 7) is 3.22. The van der Waals surface area contributed by atoms with Gasteiger partial charge in [0.15, 0.2) is 0 Å². The Balaban J connectivity index is 1.22. The fraction of sp³-hybridized carbons (Fsp3) is 0.368. The van der Waals surface area contributed by atoms with E-state index in [4.69, 9.17) is 9.26 Å². The highest BCUT2D eigenvalue weighted by Crippen LogP contribution is 2.29. The number of sulfonamides is 1. The molecule has 8 nitrogen and oxygen atoms in total. The van der Waals surface area contributed by atoms with Crippen molar-refractivity contribution in [2.24, 2.45) is 0 Å². The quantitative estimate of drug-likeness (QED) is 0.611. The van der Waals surface area contributed by atoms with E-state index >= 15 is 0 Å². The number of ether oxygens (including phenoxy) is 1. The predicted molar refractivity (Wildman–Crippen MR) is 107 cm³/mol. The van der Waals surface area contributed by atoms with Crippen molar-refractivity contribution >= 4 is 21.4 Å². The maximum absolute atomic E-state index is 13.0. The van der Waals surface area contributed by atoms with Crippen LogP contribution in [-0.4, -0.2) is 60.5 Å². The zero-order valence-corrected chi connectivity index (χ0v) is 17.3. The maximum Gasteiger partial charge on any atom is 0.243 e. The molecule has 0 amide bonds. The van der Waals surface area contributed by atoms with Crippen LogP contribution >= 0.6 is 11.3 Å². The Morgan fingerprint density at radius 1 is 1.14 bits per heavy atom. The Morgan fingerprint density at radius 3 is 2.79 bits per heavy atom. The van der Waals surface area contributed by atoms with Crippen LogP contribution in [0.25, 0.3) is 10.7 Å². The van der Waals surface area contributed by atoms with E-state index in [1.54, 1.807) is 33.8 Å². The zero-order chi connectivity index (χ0) is 19.8. The molecule has 0 N–H and O–H groups in total. The molecule has 29 heavy (non-hydrogen) atoms. The number of rotatable bonds is 5. The molecular formula is C19H20N4O4S2. The molecule has 1 fully saturated rings. The molecule has 2 aliphatic heterocycles. The van der Waals surface area contributed by atoms with Crippen LogP contribution in [0.1, 0.15) is 11.5 Å². The minimum Gasteiger partial charge on any atom is -0.493 e. The van der Waals surface area contributed by atoms with Gasteiger partial charge in [-0.15, -0.1) is 11.3 Å². The van der Waals surface area contributed by atoms with Crippen molar-refractivity contribution in [2.45, 2.75) is 17.9 Å². The average molecular weight is 433 g/mol. The molecule has 0 spiro atoms. The van der Waals surface area contributed by atoms with Gasteiger partial charge >= 0.3 is 0 Å². The van der Waals surface area contributed by atoms with E-state index in [9.17, 15) is 8.42 Å². The third-order valence-corrected chi connectivity index (χ3v) is 7.96. The number of nitrogens with zero attached hydrogens (tertiary/aromatic N) is 4. The highest BCUT2D eigenvalue weighted by Gasteiger charge is 2.30. The largest absolute Gasteiger partial charge is 0.493 e. The van der Waals surface area contributed by atoms with Crippen molar-refractivity contribution in [3.8, 4) is 16.5 Å². The molecule has 1 saturated heterocycles. The first-order valence-electron chi connectivity index (χ1n) is 9.44. The summed E-state index contributed by atoms with van der Waals surface area (Å²) in [6, 6.07) is 9.04. The lowest BCUT2D eigenvalue weighted by molar-refractivity contribution is 0.163. The number of benzene rings is 1. The highest BCUT2D eigenvalue weighted by molar-refractivity contribution is 7.89. The topological polar surface area (TPSA) is 88.8 Å². The Morgan fingerprint density at radius 2 is 2.00 bits per heavy atom. The summed E-state index contributed by atoms with van der Waals surface area (Å²) in [4.78, 5) is 7.88. The number of piperazine rings is 1. The van der Waals surface area contributed by atoms with E-state index in [-0.39, 0.29) is 0 Å². The van der Waals surface area contributed by atoms with E-state index in [0.717, 1.165) is 22.6 Å². The first-order chi connectivity index (χ1) is 14.1. The predicted octanol–water partition coefficient (Wildman–Crippen LogP) is 2.24. The molecule has 3 aromatic rings. The first kappa shape index (κ1) is 18.7. The van der Waals surface area contributed by atoms with Gasteiger partial charge in [-0.2, -0.15) is 9.29 Å². The molecule has 0 unspecified atom stereocenters. The van der Waals surface area contributed by atoms with Crippen molar-refractivity contribution in [1.82, 2.24) is 19.3 Å². The number of thiophene rings is 1. The van der Waals surface area contributed by atoms with Gasteiger partial charge in [0, 0.05) is 32.6 Å². The minimum absolute atomic E-state index is 0.340. The van der Waals surface area contributed by atoms with Crippen molar-refractivity contribution in [3.63, 3.8) is 0 Å². The molecule has 0 atom stereocenters. The third kappa shape index (κ3) is 3.68. The van der Waals surface area contributed by atoms with Gasteiger partial charge in [-0.3, -0.25) is 4.90 Å². The Labute approximate surface area is 172 Å². The van der Waals surface area contributed by atoms with Crippen LogP contribution in [0.4, 0.5) is 0 Å². The molecule has 5 rings (SSSR count). The van der Waals surface area contributed by atoms with Crippen LogP contribution in [0, 0.1) is 0 Å². The van der Waals surface area contributed by atoms with Gasteiger partial charge in [0.05, 0.1) is 22.9 Å². The summed E-state index contributed by atoms with van der Waals surface area (Å²) in [6.07, 6.45) is 0.754. The third-order valence-electron chi connectivity index (χ3n) is 5.20. The molecule has 0 saturated carbocycles. The summed E-state index contributed by atoms with van der Waals surface area (Å²) in [7, 11) is -3.50. The molecule has 0 radical (unpaired) electrons. The van der Waals surface area contributed by atoms with Gasteiger partial charge in [0.1, 0.15) is 5.75 Å². The molecule has 10 heteroatoms. The first-order valence-corrected chi connectivity index (χ1v) is 11.8. The molecule has 152 valence electrons. The summed E-state index contributed by atoms with van der Waals surface area (Å²) in [5.41, 5.74) is 0.961. The number of hydrogen-bond donors (Lipinski definition) is 0. The van der Waals surface area contributed by atoms with Crippen LogP contribution in [0.15, 0.2) is 45.1 Å². The highest BCUT2D eigenvalue weighted by atomic mass is 32.2. The summed E-state index contributed by atoms with van der Waals surface area (Å²) >= 11 is 1.56. The van der Waals surface area contributed by atoms with E-state index in [0.29, 0.717) is 55.9 Å². The van der Waals surface area contributed by atoms with Gasteiger partial charge < -0.3 is 9.26 Å². The van der Waals surface area contributed by atoms with Gasteiger partial charge in [0.25, 0.3) is 0 Å². The van der Waals surface area contributed by atoms with Crippen molar-refractivity contribution in [3.05, 3.63) is 47.2 Å². The summed E-state index contributed by atoms with van der Waals surface area (Å²) in [5, 5.41) is 6.00. The van der Waals surface area contributed by atoms with Crippen LogP contribution in [0.2, 0.25) is 0 Å². The van der Waals surface area contributed by atoms with Gasteiger partial charge in [0.2, 0.25) is 21.7 Å². The molecule has 0 aliphatic carbocycles. The molecule has 1 aromatic carbocycles. The fourth-order valence-electron chi connectivity index (χ4n) is 3.62. The minimum atomic E-state index is -3.50. The fourth-order valence-corrected chi connectivity index (χ4v) is 5.74. The maximum atomic E-state index is 13.0. The van der Waals surface area contributed by atoms with Gasteiger partial charge in [-0.05, 0) is 35.2 Å². The average Bonchev–Trinajstić information content (AvgIpc) is 3.48. The summed E-state index contributed by atoms with van der Waals surface area (Å²) in [5.74, 6) is 1.93. The molecular weight excluding hydrogens is 412 g/mol. The smallest absolute Gasteiger partial charge is 0.243 e. The molecule has 2 aliphatic rings. The standard InChI is InChI=1S/C19H20N4O4S2/c24-29(25,15-3-4-16-14(12-15)5-10-26-16)23-8-6-22(7-9-23)13-18-20-19(21-27-18)17-2-1-11-28-17/h1-4,11-12H,5-10,13H2. The summed E-state index contributed by atoms with van der Waals surface area (Å²) < 4.78 is 38.4. The van der Waals surface area contributed by atoms with Crippen LogP contribution in [0.5, 0.6) is 5.75 Å². The second kappa shape index (κ2) is 7.52. The normalized spacial score (nSPS) is 17.9. The monoisotopic (exact) mass is 432 g/mol. The number of aromatic nitrogens is 2. The van der Waals surface area contributed by atoms with E-state index in [1.807, 2.05) is 17.5 Å². The number of fused-ring (bicyclic) bond motifs is 1. The van der Waals surface area contributed by atoms with Crippen molar-refractivity contribution in [1.29, 1.82) is 0 Å². The molecule has 0 bridgehead atoms. The van der Waals surface area contributed by atoms with Gasteiger partial charge in [-0.1, -0.05) is 11.2 Å². The second-order valence-electron chi connectivity index (χ2n) is 7.04. The van der Waals surface area contributed by atoms with E-state index in [1.165, 1.54) is 0 Å². The van der Waals surface area contributed by atoms with Crippen LogP contribution in [0.3, 0.4) is 0 Å². The Hall–Kier alpha value is -2.27. The molecule has 2 aromatic heterocycles. The zero-order valence-electron chi connectivity index (χ0n) is 15.7. The molecule has 4 heterocycles. The van der Waals surface area contributed by atoms with Crippen molar-refractivity contribution in [2.75, 3.05) is 32.8 Å². The lowest BCUT2D eigenvalue weighted by atomic mass is 10.2. The Bertz CT molecular complexity index is 1100.